The van der Waals surface area contributed by atoms with Gasteiger partial charge in [-0.15, -0.1) is 0 Å². The second-order valence-electron chi connectivity index (χ2n) is 5.03. The van der Waals surface area contributed by atoms with Crippen LogP contribution in [0.2, 0.25) is 0 Å². The summed E-state index contributed by atoms with van der Waals surface area (Å²) in [6.07, 6.45) is 0.339. The first-order valence-corrected chi connectivity index (χ1v) is 6.67. The minimum absolute atomic E-state index is 0.169. The summed E-state index contributed by atoms with van der Waals surface area (Å²) >= 11 is 0. The van der Waals surface area contributed by atoms with Crippen LogP contribution >= 0.6 is 0 Å². The molecule has 0 saturated heterocycles. The Morgan fingerprint density at radius 2 is 1.90 bits per heavy atom. The normalized spacial score (nSPS) is 12.8. The number of halogens is 2. The molecule has 0 radical (unpaired) electrons. The number of hydrogen-bond donors (Lipinski definition) is 1. The van der Waals surface area contributed by atoms with E-state index in [4.69, 9.17) is 5.73 Å². The number of fused-ring (bicyclic) bond motifs is 1. The highest BCUT2D eigenvalue weighted by Crippen LogP contribution is 2.22. The van der Waals surface area contributed by atoms with Gasteiger partial charge in [0, 0.05) is 25.1 Å². The third-order valence-corrected chi connectivity index (χ3v) is 3.66. The van der Waals surface area contributed by atoms with Crippen LogP contribution in [0.1, 0.15) is 17.4 Å². The molecule has 3 aromatic rings. The molecule has 1 heterocycles. The highest BCUT2D eigenvalue weighted by Gasteiger charge is 2.18. The summed E-state index contributed by atoms with van der Waals surface area (Å²) < 4.78 is 29.0. The molecule has 0 aliphatic rings. The van der Waals surface area contributed by atoms with Crippen molar-refractivity contribution < 1.29 is 8.78 Å². The van der Waals surface area contributed by atoms with Crippen LogP contribution in [-0.4, -0.2) is 9.55 Å². The smallest absolute Gasteiger partial charge is 0.163 e. The molecular formula is C16H15F2N3. The second-order valence-corrected chi connectivity index (χ2v) is 5.03. The van der Waals surface area contributed by atoms with E-state index in [-0.39, 0.29) is 5.56 Å². The van der Waals surface area contributed by atoms with Crippen LogP contribution in [-0.2, 0) is 13.5 Å². The predicted molar refractivity (Wildman–Crippen MR) is 77.7 cm³/mol. The maximum atomic E-state index is 13.8. The fourth-order valence-corrected chi connectivity index (χ4v) is 2.49. The van der Waals surface area contributed by atoms with Gasteiger partial charge in [0.15, 0.2) is 11.6 Å². The van der Waals surface area contributed by atoms with Gasteiger partial charge in [-0.25, -0.2) is 13.8 Å². The molecule has 3 nitrogen and oxygen atoms in total. The van der Waals surface area contributed by atoms with Crippen LogP contribution in [0.15, 0.2) is 42.5 Å². The molecule has 0 fully saturated rings. The fourth-order valence-electron chi connectivity index (χ4n) is 2.49. The van der Waals surface area contributed by atoms with Crippen molar-refractivity contribution in [2.45, 2.75) is 12.5 Å². The molecule has 0 bridgehead atoms. The Bertz CT molecular complexity index is 795. The van der Waals surface area contributed by atoms with Crippen LogP contribution < -0.4 is 5.73 Å². The number of benzene rings is 2. The van der Waals surface area contributed by atoms with Crippen molar-refractivity contribution in [2.75, 3.05) is 0 Å². The SMILES string of the molecule is Cn1c(CC(N)c2cccc(F)c2F)nc2ccccc21. The van der Waals surface area contributed by atoms with Crippen molar-refractivity contribution in [3.8, 4) is 0 Å². The van der Waals surface area contributed by atoms with Crippen LogP contribution in [0.5, 0.6) is 0 Å². The Balaban J connectivity index is 1.94. The lowest BCUT2D eigenvalue weighted by Gasteiger charge is -2.13. The van der Waals surface area contributed by atoms with E-state index in [1.807, 2.05) is 35.9 Å². The zero-order chi connectivity index (χ0) is 15.0. The van der Waals surface area contributed by atoms with Crippen molar-refractivity contribution >= 4 is 11.0 Å². The molecule has 1 atom stereocenters. The van der Waals surface area contributed by atoms with Crippen molar-refractivity contribution in [3.05, 3.63) is 65.5 Å². The first kappa shape index (κ1) is 13.7. The third kappa shape index (κ3) is 2.40. The minimum Gasteiger partial charge on any atom is -0.331 e. The first-order valence-electron chi connectivity index (χ1n) is 6.67. The van der Waals surface area contributed by atoms with E-state index in [9.17, 15) is 8.78 Å². The van der Waals surface area contributed by atoms with Gasteiger partial charge in [0.05, 0.1) is 11.0 Å². The van der Waals surface area contributed by atoms with Gasteiger partial charge in [0.25, 0.3) is 0 Å². The van der Waals surface area contributed by atoms with Crippen molar-refractivity contribution in [3.63, 3.8) is 0 Å². The molecule has 0 aliphatic heterocycles. The number of nitrogens with two attached hydrogens (primary N) is 1. The van der Waals surface area contributed by atoms with E-state index in [2.05, 4.69) is 4.98 Å². The molecule has 5 heteroatoms. The van der Waals surface area contributed by atoms with E-state index in [0.29, 0.717) is 6.42 Å². The van der Waals surface area contributed by atoms with Gasteiger partial charge in [-0.3, -0.25) is 0 Å². The zero-order valence-electron chi connectivity index (χ0n) is 11.6. The molecule has 2 N–H and O–H groups in total. The molecule has 1 aromatic heterocycles. The Kier molecular flexibility index (Phi) is 3.43. The minimum atomic E-state index is -0.885. The number of imidazole rings is 1. The van der Waals surface area contributed by atoms with Crippen molar-refractivity contribution in [1.29, 1.82) is 0 Å². The third-order valence-electron chi connectivity index (χ3n) is 3.66. The lowest BCUT2D eigenvalue weighted by molar-refractivity contribution is 0.486. The average molecular weight is 287 g/mol. The maximum absolute atomic E-state index is 13.8. The Morgan fingerprint density at radius 1 is 1.14 bits per heavy atom. The summed E-state index contributed by atoms with van der Waals surface area (Å²) in [5.74, 6) is -1.02. The molecule has 2 aromatic carbocycles. The van der Waals surface area contributed by atoms with Gasteiger partial charge in [-0.1, -0.05) is 24.3 Å². The van der Waals surface area contributed by atoms with E-state index in [0.717, 1.165) is 22.9 Å². The molecular weight excluding hydrogens is 272 g/mol. The Labute approximate surface area is 121 Å². The lowest BCUT2D eigenvalue weighted by Crippen LogP contribution is -2.17. The molecule has 0 aliphatic carbocycles. The second kappa shape index (κ2) is 5.26. The van der Waals surface area contributed by atoms with Crippen molar-refractivity contribution in [1.82, 2.24) is 9.55 Å². The molecule has 21 heavy (non-hydrogen) atoms. The molecule has 0 spiro atoms. The summed E-state index contributed by atoms with van der Waals surface area (Å²) in [6.45, 7) is 0. The topological polar surface area (TPSA) is 43.8 Å². The first-order chi connectivity index (χ1) is 10.1. The van der Waals surface area contributed by atoms with Crippen LogP contribution in [0.25, 0.3) is 11.0 Å². The monoisotopic (exact) mass is 287 g/mol. The number of para-hydroxylation sites is 2. The van der Waals surface area contributed by atoms with Crippen LogP contribution in [0.3, 0.4) is 0 Å². The number of aromatic nitrogens is 2. The van der Waals surface area contributed by atoms with Gasteiger partial charge in [0.1, 0.15) is 5.82 Å². The molecule has 0 saturated carbocycles. The summed E-state index contributed by atoms with van der Waals surface area (Å²) in [5.41, 5.74) is 8.04. The van der Waals surface area contributed by atoms with Crippen LogP contribution in [0, 0.1) is 11.6 Å². The Hall–Kier alpha value is -2.27. The zero-order valence-corrected chi connectivity index (χ0v) is 11.6. The quantitative estimate of drug-likeness (QED) is 0.804. The molecule has 1 unspecified atom stereocenters. The van der Waals surface area contributed by atoms with E-state index < -0.39 is 17.7 Å². The van der Waals surface area contributed by atoms with Gasteiger partial charge in [0.2, 0.25) is 0 Å². The van der Waals surface area contributed by atoms with Gasteiger partial charge in [-0.2, -0.15) is 0 Å². The molecule has 108 valence electrons. The summed E-state index contributed by atoms with van der Waals surface area (Å²) in [5, 5.41) is 0. The molecule has 0 amide bonds. The lowest BCUT2D eigenvalue weighted by atomic mass is 10.0. The summed E-state index contributed by atoms with van der Waals surface area (Å²) in [6, 6.07) is 11.1. The standard InChI is InChI=1S/C16H15F2N3/c1-21-14-8-3-2-7-13(14)20-15(21)9-12(19)10-5-4-6-11(17)16(10)18/h2-8,12H,9,19H2,1H3. The average Bonchev–Trinajstić information content (AvgIpc) is 2.79. The number of aryl methyl sites for hydroxylation is 1. The van der Waals surface area contributed by atoms with E-state index >= 15 is 0 Å². The van der Waals surface area contributed by atoms with Crippen molar-refractivity contribution in [2.24, 2.45) is 12.8 Å². The summed E-state index contributed by atoms with van der Waals surface area (Å²) in [7, 11) is 1.89. The number of hydrogen-bond acceptors (Lipinski definition) is 2. The maximum Gasteiger partial charge on any atom is 0.163 e. The van der Waals surface area contributed by atoms with Gasteiger partial charge >= 0.3 is 0 Å². The van der Waals surface area contributed by atoms with E-state index in [1.54, 1.807) is 0 Å². The number of nitrogens with zero attached hydrogens (tertiary/aromatic N) is 2. The van der Waals surface area contributed by atoms with E-state index in [1.165, 1.54) is 12.1 Å². The highest BCUT2D eigenvalue weighted by atomic mass is 19.2. The fraction of sp³-hybridized carbons (Fsp3) is 0.188. The number of rotatable bonds is 3. The Morgan fingerprint density at radius 3 is 2.67 bits per heavy atom. The van der Waals surface area contributed by atoms with Crippen LogP contribution in [0.4, 0.5) is 8.78 Å². The predicted octanol–water partition coefficient (Wildman–Crippen LogP) is 3.09. The molecule has 3 rings (SSSR count). The highest BCUT2D eigenvalue weighted by molar-refractivity contribution is 5.75. The van der Waals surface area contributed by atoms with Gasteiger partial charge < -0.3 is 10.3 Å². The summed E-state index contributed by atoms with van der Waals surface area (Å²) in [4.78, 5) is 4.50. The van der Waals surface area contributed by atoms with Gasteiger partial charge in [-0.05, 0) is 18.2 Å². The largest absolute Gasteiger partial charge is 0.331 e.